The Morgan fingerprint density at radius 1 is 1.71 bits per heavy atom. The number of carbonyl (C=O) groups excluding carboxylic acids is 1. The van der Waals surface area contributed by atoms with Crippen LogP contribution in [0.2, 0.25) is 0 Å². The maximum absolute atomic E-state index is 11.5. The zero-order valence-electron chi connectivity index (χ0n) is 9.47. The summed E-state index contributed by atoms with van der Waals surface area (Å²) in [5.74, 6) is -0.310. The maximum atomic E-state index is 11.5. The first-order valence-corrected chi connectivity index (χ1v) is 5.32. The van der Waals surface area contributed by atoms with E-state index in [1.165, 1.54) is 13.3 Å². The SMILES string of the molecule is COC(=O)c1cc(C2CCOC2)ncc1C#N. The average Bonchev–Trinajstić information content (AvgIpc) is 2.91. The van der Waals surface area contributed by atoms with Crippen LogP contribution < -0.4 is 0 Å². The maximum Gasteiger partial charge on any atom is 0.339 e. The molecular weight excluding hydrogens is 220 g/mol. The lowest BCUT2D eigenvalue weighted by atomic mass is 10.0. The van der Waals surface area contributed by atoms with E-state index in [4.69, 9.17) is 10.00 Å². The molecule has 1 aromatic heterocycles. The van der Waals surface area contributed by atoms with Gasteiger partial charge in [0.2, 0.25) is 0 Å². The number of hydrogen-bond donors (Lipinski definition) is 0. The van der Waals surface area contributed by atoms with Gasteiger partial charge in [-0.1, -0.05) is 0 Å². The van der Waals surface area contributed by atoms with Crippen molar-refractivity contribution in [3.8, 4) is 6.07 Å². The molecule has 0 saturated carbocycles. The highest BCUT2D eigenvalue weighted by molar-refractivity contribution is 5.92. The van der Waals surface area contributed by atoms with Crippen LogP contribution in [0, 0.1) is 11.3 Å². The fourth-order valence-corrected chi connectivity index (χ4v) is 1.83. The van der Waals surface area contributed by atoms with Crippen molar-refractivity contribution in [3.05, 3.63) is 29.1 Å². The van der Waals surface area contributed by atoms with E-state index in [9.17, 15) is 4.79 Å². The zero-order chi connectivity index (χ0) is 12.3. The third-order valence-electron chi connectivity index (χ3n) is 2.80. The molecule has 0 aromatic carbocycles. The third-order valence-corrected chi connectivity index (χ3v) is 2.80. The van der Waals surface area contributed by atoms with E-state index in [1.807, 2.05) is 6.07 Å². The monoisotopic (exact) mass is 232 g/mol. The highest BCUT2D eigenvalue weighted by atomic mass is 16.5. The van der Waals surface area contributed by atoms with Crippen LogP contribution in [-0.4, -0.2) is 31.3 Å². The number of methoxy groups -OCH3 is 1. The molecule has 1 aliphatic heterocycles. The largest absolute Gasteiger partial charge is 0.465 e. The van der Waals surface area contributed by atoms with Gasteiger partial charge < -0.3 is 9.47 Å². The van der Waals surface area contributed by atoms with Crippen LogP contribution in [0.15, 0.2) is 12.3 Å². The fraction of sp³-hybridized carbons (Fsp3) is 0.417. The van der Waals surface area contributed by atoms with E-state index in [0.29, 0.717) is 13.2 Å². The van der Waals surface area contributed by atoms with E-state index in [1.54, 1.807) is 6.07 Å². The topological polar surface area (TPSA) is 72.2 Å². The lowest BCUT2D eigenvalue weighted by Crippen LogP contribution is -2.09. The number of rotatable bonds is 2. The van der Waals surface area contributed by atoms with Crippen molar-refractivity contribution in [2.24, 2.45) is 0 Å². The highest BCUT2D eigenvalue weighted by Gasteiger charge is 2.22. The van der Waals surface area contributed by atoms with Gasteiger partial charge in [-0.25, -0.2) is 4.79 Å². The molecule has 88 valence electrons. The molecule has 5 heteroatoms. The molecule has 1 aromatic rings. The van der Waals surface area contributed by atoms with Gasteiger partial charge in [0.25, 0.3) is 0 Å². The second kappa shape index (κ2) is 4.93. The molecule has 2 heterocycles. The van der Waals surface area contributed by atoms with Crippen LogP contribution in [0.4, 0.5) is 0 Å². The summed E-state index contributed by atoms with van der Waals surface area (Å²) in [4.78, 5) is 15.7. The molecule has 0 N–H and O–H groups in total. The van der Waals surface area contributed by atoms with Gasteiger partial charge in [-0.2, -0.15) is 5.26 Å². The van der Waals surface area contributed by atoms with Crippen LogP contribution in [0.3, 0.4) is 0 Å². The Bertz CT molecular complexity index is 473. The minimum atomic E-state index is -0.510. The molecule has 0 spiro atoms. The van der Waals surface area contributed by atoms with Crippen LogP contribution in [0.5, 0.6) is 0 Å². The van der Waals surface area contributed by atoms with Crippen LogP contribution in [0.25, 0.3) is 0 Å². The molecule has 0 amide bonds. The van der Waals surface area contributed by atoms with Gasteiger partial charge in [0.1, 0.15) is 6.07 Å². The number of carbonyl (C=O) groups is 1. The number of pyridine rings is 1. The molecule has 1 fully saturated rings. The quantitative estimate of drug-likeness (QED) is 0.717. The van der Waals surface area contributed by atoms with Gasteiger partial charge in [-0.05, 0) is 12.5 Å². The molecule has 1 atom stereocenters. The zero-order valence-corrected chi connectivity index (χ0v) is 9.47. The van der Waals surface area contributed by atoms with E-state index in [-0.39, 0.29) is 17.0 Å². The van der Waals surface area contributed by atoms with E-state index in [0.717, 1.165) is 12.1 Å². The minimum Gasteiger partial charge on any atom is -0.465 e. The van der Waals surface area contributed by atoms with Gasteiger partial charge in [-0.15, -0.1) is 0 Å². The van der Waals surface area contributed by atoms with E-state index < -0.39 is 5.97 Å². The number of nitrogens with zero attached hydrogens (tertiary/aromatic N) is 2. The number of aromatic nitrogens is 1. The van der Waals surface area contributed by atoms with Crippen molar-refractivity contribution in [1.82, 2.24) is 4.98 Å². The second-order valence-electron chi connectivity index (χ2n) is 3.82. The molecule has 1 saturated heterocycles. The molecule has 1 aliphatic rings. The minimum absolute atomic E-state index is 0.200. The van der Waals surface area contributed by atoms with Crippen molar-refractivity contribution < 1.29 is 14.3 Å². The van der Waals surface area contributed by atoms with Crippen molar-refractivity contribution in [3.63, 3.8) is 0 Å². The number of nitriles is 1. The van der Waals surface area contributed by atoms with Crippen molar-refractivity contribution in [2.75, 3.05) is 20.3 Å². The Morgan fingerprint density at radius 3 is 3.12 bits per heavy atom. The Labute approximate surface area is 99.0 Å². The Balaban J connectivity index is 2.37. The van der Waals surface area contributed by atoms with Gasteiger partial charge >= 0.3 is 5.97 Å². The normalized spacial score (nSPS) is 18.7. The summed E-state index contributed by atoms with van der Waals surface area (Å²) in [6.07, 6.45) is 2.30. The summed E-state index contributed by atoms with van der Waals surface area (Å²) < 4.78 is 9.92. The van der Waals surface area contributed by atoms with Gasteiger partial charge in [0.15, 0.2) is 0 Å². The summed E-state index contributed by atoms with van der Waals surface area (Å²) in [5.41, 5.74) is 1.29. The first kappa shape index (κ1) is 11.6. The fourth-order valence-electron chi connectivity index (χ4n) is 1.83. The summed E-state index contributed by atoms with van der Waals surface area (Å²) in [5, 5.41) is 8.90. The predicted octanol–water partition coefficient (Wildman–Crippen LogP) is 1.24. The van der Waals surface area contributed by atoms with Gasteiger partial charge in [-0.3, -0.25) is 4.98 Å². The first-order chi connectivity index (χ1) is 8.26. The predicted molar refractivity (Wildman–Crippen MR) is 58.5 cm³/mol. The molecule has 0 radical (unpaired) electrons. The number of hydrogen-bond acceptors (Lipinski definition) is 5. The number of ether oxygens (including phenoxy) is 2. The molecule has 2 rings (SSSR count). The van der Waals surface area contributed by atoms with Crippen molar-refractivity contribution in [2.45, 2.75) is 12.3 Å². The van der Waals surface area contributed by atoms with Gasteiger partial charge in [0, 0.05) is 24.4 Å². The summed E-state index contributed by atoms with van der Waals surface area (Å²) >= 11 is 0. The second-order valence-corrected chi connectivity index (χ2v) is 3.82. The molecule has 0 aliphatic carbocycles. The Kier molecular flexibility index (Phi) is 3.35. The van der Waals surface area contributed by atoms with Gasteiger partial charge in [0.05, 0.1) is 24.8 Å². The number of esters is 1. The molecular formula is C12H12N2O3. The summed E-state index contributed by atoms with van der Waals surface area (Å²) in [7, 11) is 1.29. The first-order valence-electron chi connectivity index (χ1n) is 5.32. The van der Waals surface area contributed by atoms with Crippen LogP contribution in [-0.2, 0) is 9.47 Å². The molecule has 1 unspecified atom stereocenters. The smallest absolute Gasteiger partial charge is 0.339 e. The molecule has 17 heavy (non-hydrogen) atoms. The summed E-state index contributed by atoms with van der Waals surface area (Å²) in [6.45, 7) is 1.32. The molecule has 0 bridgehead atoms. The molecule has 5 nitrogen and oxygen atoms in total. The van der Waals surface area contributed by atoms with Crippen molar-refractivity contribution in [1.29, 1.82) is 5.26 Å². The van der Waals surface area contributed by atoms with E-state index >= 15 is 0 Å². The summed E-state index contributed by atoms with van der Waals surface area (Å²) in [6, 6.07) is 3.56. The van der Waals surface area contributed by atoms with Crippen molar-refractivity contribution >= 4 is 5.97 Å². The Hall–Kier alpha value is -1.93. The standard InChI is InChI=1S/C12H12N2O3/c1-16-12(15)10-4-11(8-2-3-17-7-8)14-6-9(10)5-13/h4,6,8H,2-3,7H2,1H3. The van der Waals surface area contributed by atoms with Crippen LogP contribution in [0.1, 0.15) is 34.0 Å². The highest BCUT2D eigenvalue weighted by Crippen LogP contribution is 2.25. The average molecular weight is 232 g/mol. The third kappa shape index (κ3) is 2.27. The Morgan fingerprint density at radius 2 is 2.53 bits per heavy atom. The van der Waals surface area contributed by atoms with Crippen LogP contribution >= 0.6 is 0 Å². The lowest BCUT2D eigenvalue weighted by molar-refractivity contribution is 0.0600. The van der Waals surface area contributed by atoms with E-state index in [2.05, 4.69) is 9.72 Å². The lowest BCUT2D eigenvalue weighted by Gasteiger charge is -2.09.